The van der Waals surface area contributed by atoms with Crippen molar-refractivity contribution in [2.45, 2.75) is 39.3 Å². The molecule has 3 N–H and O–H groups in total. The van der Waals surface area contributed by atoms with Gasteiger partial charge in [0.05, 0.1) is 12.1 Å². The SMILES string of the molecule is CCOC(C(C)C)C(Cc1cc(Br)cs1)NN. The molecular formula is C12H21BrN2OS. The lowest BCUT2D eigenvalue weighted by Crippen LogP contribution is -2.48. The summed E-state index contributed by atoms with van der Waals surface area (Å²) in [6.45, 7) is 7.06. The Morgan fingerprint density at radius 2 is 2.24 bits per heavy atom. The smallest absolute Gasteiger partial charge is 0.0767 e. The summed E-state index contributed by atoms with van der Waals surface area (Å²) >= 11 is 5.21. The lowest BCUT2D eigenvalue weighted by molar-refractivity contribution is 0.00373. The van der Waals surface area contributed by atoms with Crippen LogP contribution in [0.15, 0.2) is 15.9 Å². The van der Waals surface area contributed by atoms with Gasteiger partial charge in [-0.15, -0.1) is 11.3 Å². The summed E-state index contributed by atoms with van der Waals surface area (Å²) in [6.07, 6.45) is 1.04. The fraction of sp³-hybridized carbons (Fsp3) is 0.667. The molecule has 5 heteroatoms. The molecule has 0 aliphatic rings. The predicted octanol–water partition coefficient (Wildman–Crippen LogP) is 2.95. The van der Waals surface area contributed by atoms with Crippen LogP contribution < -0.4 is 11.3 Å². The zero-order valence-corrected chi connectivity index (χ0v) is 13.0. The maximum atomic E-state index is 5.79. The molecule has 0 aliphatic heterocycles. The Morgan fingerprint density at radius 1 is 1.53 bits per heavy atom. The molecule has 0 saturated heterocycles. The first kappa shape index (κ1) is 15.1. The van der Waals surface area contributed by atoms with Gasteiger partial charge in [-0.1, -0.05) is 13.8 Å². The topological polar surface area (TPSA) is 47.3 Å². The van der Waals surface area contributed by atoms with Gasteiger partial charge in [0, 0.05) is 27.8 Å². The van der Waals surface area contributed by atoms with Gasteiger partial charge in [-0.05, 0) is 34.8 Å². The zero-order chi connectivity index (χ0) is 12.8. The van der Waals surface area contributed by atoms with Crippen LogP contribution in [0, 0.1) is 5.92 Å². The van der Waals surface area contributed by atoms with Crippen LogP contribution >= 0.6 is 27.3 Å². The van der Waals surface area contributed by atoms with Crippen molar-refractivity contribution in [3.05, 3.63) is 20.8 Å². The van der Waals surface area contributed by atoms with Crippen molar-refractivity contribution in [1.29, 1.82) is 0 Å². The molecule has 1 rings (SSSR count). The van der Waals surface area contributed by atoms with E-state index in [-0.39, 0.29) is 12.1 Å². The normalized spacial score (nSPS) is 15.2. The molecule has 1 aromatic rings. The summed E-state index contributed by atoms with van der Waals surface area (Å²) in [6, 6.07) is 2.29. The van der Waals surface area contributed by atoms with Crippen molar-refractivity contribution in [3.63, 3.8) is 0 Å². The molecule has 0 aliphatic carbocycles. The van der Waals surface area contributed by atoms with E-state index in [1.807, 2.05) is 6.92 Å². The second kappa shape index (κ2) is 7.48. The molecule has 1 aromatic heterocycles. The quantitative estimate of drug-likeness (QED) is 0.600. The molecule has 2 atom stereocenters. The first-order valence-electron chi connectivity index (χ1n) is 5.89. The molecule has 17 heavy (non-hydrogen) atoms. The third kappa shape index (κ3) is 4.67. The van der Waals surface area contributed by atoms with Gasteiger partial charge < -0.3 is 4.74 Å². The van der Waals surface area contributed by atoms with Crippen LogP contribution in [0.3, 0.4) is 0 Å². The van der Waals surface area contributed by atoms with E-state index >= 15 is 0 Å². The van der Waals surface area contributed by atoms with Crippen LogP contribution in [0.4, 0.5) is 0 Å². The highest BCUT2D eigenvalue weighted by Crippen LogP contribution is 2.23. The maximum Gasteiger partial charge on any atom is 0.0767 e. The number of hydrogen-bond acceptors (Lipinski definition) is 4. The minimum atomic E-state index is 0.144. The van der Waals surface area contributed by atoms with Gasteiger partial charge in [0.15, 0.2) is 0 Å². The van der Waals surface area contributed by atoms with E-state index in [1.165, 1.54) is 4.88 Å². The Hall–Kier alpha value is 0.0600. The molecule has 0 fully saturated rings. The van der Waals surface area contributed by atoms with Crippen molar-refractivity contribution >= 4 is 27.3 Å². The number of nitrogens with two attached hydrogens (primary N) is 1. The minimum absolute atomic E-state index is 0.144. The molecular weight excluding hydrogens is 300 g/mol. The maximum absolute atomic E-state index is 5.79. The van der Waals surface area contributed by atoms with Crippen LogP contribution in [0.5, 0.6) is 0 Å². The van der Waals surface area contributed by atoms with Gasteiger partial charge in [-0.2, -0.15) is 0 Å². The lowest BCUT2D eigenvalue weighted by Gasteiger charge is -2.29. The second-order valence-electron chi connectivity index (χ2n) is 4.37. The van der Waals surface area contributed by atoms with Gasteiger partial charge in [-0.3, -0.25) is 11.3 Å². The van der Waals surface area contributed by atoms with Crippen LogP contribution in [-0.2, 0) is 11.2 Å². The predicted molar refractivity (Wildman–Crippen MR) is 77.1 cm³/mol. The largest absolute Gasteiger partial charge is 0.377 e. The van der Waals surface area contributed by atoms with E-state index < -0.39 is 0 Å². The average molecular weight is 321 g/mol. The Morgan fingerprint density at radius 3 is 2.65 bits per heavy atom. The lowest BCUT2D eigenvalue weighted by atomic mass is 9.97. The Balaban J connectivity index is 2.68. The summed E-state index contributed by atoms with van der Waals surface area (Å²) in [4.78, 5) is 1.31. The van der Waals surface area contributed by atoms with Crippen molar-refractivity contribution in [2.75, 3.05) is 6.61 Å². The summed E-state index contributed by atoms with van der Waals surface area (Å²) < 4.78 is 6.92. The first-order valence-corrected chi connectivity index (χ1v) is 7.56. The highest BCUT2D eigenvalue weighted by molar-refractivity contribution is 9.10. The third-order valence-corrected chi connectivity index (χ3v) is 4.39. The van der Waals surface area contributed by atoms with E-state index in [9.17, 15) is 0 Å². The number of hydrazine groups is 1. The molecule has 3 nitrogen and oxygen atoms in total. The molecule has 1 heterocycles. The monoisotopic (exact) mass is 320 g/mol. The van der Waals surface area contributed by atoms with Crippen LogP contribution in [0.1, 0.15) is 25.6 Å². The molecule has 0 bridgehead atoms. The van der Waals surface area contributed by atoms with E-state index in [2.05, 4.69) is 46.6 Å². The number of halogens is 1. The molecule has 0 aromatic carbocycles. The molecule has 2 unspecified atom stereocenters. The van der Waals surface area contributed by atoms with Gasteiger partial charge in [-0.25, -0.2) is 0 Å². The van der Waals surface area contributed by atoms with E-state index in [0.717, 1.165) is 17.5 Å². The number of rotatable bonds is 7. The standard InChI is InChI=1S/C12H21BrN2OS/c1-4-16-12(8(2)3)11(15-14)6-10-5-9(13)7-17-10/h5,7-8,11-12,15H,4,6,14H2,1-3H3. The molecule has 0 amide bonds. The van der Waals surface area contributed by atoms with Gasteiger partial charge in [0.25, 0.3) is 0 Å². The first-order chi connectivity index (χ1) is 8.08. The minimum Gasteiger partial charge on any atom is -0.377 e. The zero-order valence-electron chi connectivity index (χ0n) is 10.6. The molecule has 0 radical (unpaired) electrons. The molecule has 0 saturated carbocycles. The van der Waals surface area contributed by atoms with Crippen molar-refractivity contribution in [1.82, 2.24) is 5.43 Å². The average Bonchev–Trinajstić information content (AvgIpc) is 2.68. The number of nitrogens with one attached hydrogen (secondary N) is 1. The van der Waals surface area contributed by atoms with Crippen LogP contribution in [0.2, 0.25) is 0 Å². The van der Waals surface area contributed by atoms with Crippen LogP contribution in [0.25, 0.3) is 0 Å². The number of hydrogen-bond donors (Lipinski definition) is 2. The van der Waals surface area contributed by atoms with E-state index in [4.69, 9.17) is 10.6 Å². The fourth-order valence-electron chi connectivity index (χ4n) is 1.91. The summed E-state index contributed by atoms with van der Waals surface area (Å²) in [5.74, 6) is 6.10. The highest BCUT2D eigenvalue weighted by atomic mass is 79.9. The van der Waals surface area contributed by atoms with Gasteiger partial charge >= 0.3 is 0 Å². The second-order valence-corrected chi connectivity index (χ2v) is 6.28. The molecule has 0 spiro atoms. The van der Waals surface area contributed by atoms with Crippen molar-refractivity contribution < 1.29 is 4.74 Å². The highest BCUT2D eigenvalue weighted by Gasteiger charge is 2.24. The Labute approximate surface area is 116 Å². The Bertz CT molecular complexity index is 330. The third-order valence-electron chi connectivity index (χ3n) is 2.67. The summed E-state index contributed by atoms with van der Waals surface area (Å²) in [5, 5.41) is 2.09. The fourth-order valence-corrected chi connectivity index (χ4v) is 3.42. The van der Waals surface area contributed by atoms with Gasteiger partial charge in [0.2, 0.25) is 0 Å². The summed E-state index contributed by atoms with van der Waals surface area (Å²) in [5.41, 5.74) is 2.89. The van der Waals surface area contributed by atoms with Crippen LogP contribution in [-0.4, -0.2) is 18.8 Å². The van der Waals surface area contributed by atoms with Gasteiger partial charge in [0.1, 0.15) is 0 Å². The number of ether oxygens (including phenoxy) is 1. The van der Waals surface area contributed by atoms with Crippen molar-refractivity contribution in [2.24, 2.45) is 11.8 Å². The Kier molecular flexibility index (Phi) is 6.66. The van der Waals surface area contributed by atoms with E-state index in [0.29, 0.717) is 5.92 Å². The summed E-state index contributed by atoms with van der Waals surface area (Å²) in [7, 11) is 0. The molecule has 98 valence electrons. The van der Waals surface area contributed by atoms with E-state index in [1.54, 1.807) is 11.3 Å². The van der Waals surface area contributed by atoms with Crippen molar-refractivity contribution in [3.8, 4) is 0 Å². The number of thiophene rings is 1.